The number of nitrogen functional groups attached to an aromatic ring is 1. The minimum absolute atomic E-state index is 0.150. The van der Waals surface area contributed by atoms with Crippen LogP contribution in [0.2, 0.25) is 0 Å². The van der Waals surface area contributed by atoms with Crippen LogP contribution in [0, 0.1) is 0 Å². The fourth-order valence-electron chi connectivity index (χ4n) is 5.53. The van der Waals surface area contributed by atoms with E-state index in [2.05, 4.69) is 55.1 Å². The number of hydrogen-bond donors (Lipinski definition) is 1. The molecular formula is C27H32N8O2. The Balaban J connectivity index is 1.34. The Morgan fingerprint density at radius 2 is 1.86 bits per heavy atom. The number of hydrogen-bond acceptors (Lipinski definition) is 7. The molecule has 0 unspecified atom stereocenters. The molecule has 4 aromatic rings. The predicted octanol–water partition coefficient (Wildman–Crippen LogP) is 2.86. The Kier molecular flexibility index (Phi) is 6.35. The van der Waals surface area contributed by atoms with Crippen molar-refractivity contribution >= 4 is 17.2 Å². The zero-order valence-electron chi connectivity index (χ0n) is 21.1. The van der Waals surface area contributed by atoms with E-state index in [4.69, 9.17) is 10.5 Å². The molecule has 1 aromatic carbocycles. The second kappa shape index (κ2) is 9.95. The van der Waals surface area contributed by atoms with Gasteiger partial charge in [-0.05, 0) is 36.6 Å². The highest BCUT2D eigenvalue weighted by atomic mass is 16.5. The molecule has 1 amide bonds. The third-order valence-electron chi connectivity index (χ3n) is 7.51. The SMILES string of the molecule is CC(=O)N1CCN(Cc2cccc(-c3cc(-c4ccnn4C4CCOCC4)c4c(N)ncnn34)c2)CC1. The summed E-state index contributed by atoms with van der Waals surface area (Å²) >= 11 is 0. The number of carbonyl (C=O) groups excluding carboxylic acids is 1. The van der Waals surface area contributed by atoms with Crippen molar-refractivity contribution in [3.8, 4) is 22.5 Å². The van der Waals surface area contributed by atoms with Crippen LogP contribution in [0.5, 0.6) is 0 Å². The van der Waals surface area contributed by atoms with Gasteiger partial charge in [-0.15, -0.1) is 0 Å². The molecule has 2 saturated heterocycles. The number of piperazine rings is 1. The third-order valence-corrected chi connectivity index (χ3v) is 7.51. The maximum absolute atomic E-state index is 11.7. The smallest absolute Gasteiger partial charge is 0.219 e. The van der Waals surface area contributed by atoms with Crippen molar-refractivity contribution in [3.63, 3.8) is 0 Å². The maximum Gasteiger partial charge on any atom is 0.219 e. The van der Waals surface area contributed by atoms with E-state index in [9.17, 15) is 4.79 Å². The molecule has 5 heterocycles. The quantitative estimate of drug-likeness (QED) is 0.449. The van der Waals surface area contributed by atoms with Crippen molar-refractivity contribution in [2.75, 3.05) is 45.1 Å². The Bertz CT molecular complexity index is 1410. The summed E-state index contributed by atoms with van der Waals surface area (Å²) in [5.74, 6) is 0.590. The highest BCUT2D eigenvalue weighted by Gasteiger charge is 2.24. The van der Waals surface area contributed by atoms with E-state index in [0.29, 0.717) is 5.82 Å². The van der Waals surface area contributed by atoms with E-state index in [0.717, 1.165) is 86.8 Å². The zero-order chi connectivity index (χ0) is 25.4. The minimum atomic E-state index is 0.150. The molecule has 192 valence electrons. The van der Waals surface area contributed by atoms with Gasteiger partial charge in [0, 0.05) is 70.2 Å². The van der Waals surface area contributed by atoms with Gasteiger partial charge in [-0.2, -0.15) is 10.2 Å². The van der Waals surface area contributed by atoms with Crippen molar-refractivity contribution in [3.05, 3.63) is 54.5 Å². The van der Waals surface area contributed by atoms with Crippen LogP contribution < -0.4 is 5.73 Å². The molecule has 0 atom stereocenters. The third kappa shape index (κ3) is 4.58. The summed E-state index contributed by atoms with van der Waals surface area (Å²) in [5, 5.41) is 9.26. The van der Waals surface area contributed by atoms with Crippen LogP contribution in [0.3, 0.4) is 0 Å². The molecule has 0 saturated carbocycles. The van der Waals surface area contributed by atoms with Crippen LogP contribution >= 0.6 is 0 Å². The Morgan fingerprint density at radius 1 is 1.05 bits per heavy atom. The number of nitrogens with two attached hydrogens (primary N) is 1. The first kappa shape index (κ1) is 23.6. The van der Waals surface area contributed by atoms with Crippen LogP contribution in [0.15, 0.2) is 48.9 Å². The summed E-state index contributed by atoms with van der Waals surface area (Å²) in [6.45, 7) is 7.27. The van der Waals surface area contributed by atoms with Gasteiger partial charge in [0.05, 0.1) is 17.4 Å². The first-order chi connectivity index (χ1) is 18.1. The highest BCUT2D eigenvalue weighted by Crippen LogP contribution is 2.36. The fourth-order valence-corrected chi connectivity index (χ4v) is 5.53. The second-order valence-electron chi connectivity index (χ2n) is 9.84. The lowest BCUT2D eigenvalue weighted by Crippen LogP contribution is -2.47. The van der Waals surface area contributed by atoms with Crippen molar-refractivity contribution < 1.29 is 9.53 Å². The molecule has 2 N–H and O–H groups in total. The normalized spacial score (nSPS) is 17.5. The van der Waals surface area contributed by atoms with Gasteiger partial charge in [0.1, 0.15) is 11.8 Å². The van der Waals surface area contributed by atoms with Crippen LogP contribution in [-0.4, -0.2) is 79.5 Å². The average Bonchev–Trinajstić information content (AvgIpc) is 3.56. The van der Waals surface area contributed by atoms with Crippen molar-refractivity contribution in [1.29, 1.82) is 0 Å². The van der Waals surface area contributed by atoms with E-state index >= 15 is 0 Å². The topological polar surface area (TPSA) is 107 Å². The summed E-state index contributed by atoms with van der Waals surface area (Å²) in [6, 6.07) is 13.0. The average molecular weight is 501 g/mol. The van der Waals surface area contributed by atoms with E-state index in [1.807, 2.05) is 21.7 Å². The minimum Gasteiger partial charge on any atom is -0.382 e. The van der Waals surface area contributed by atoms with E-state index in [-0.39, 0.29) is 11.9 Å². The first-order valence-corrected chi connectivity index (χ1v) is 12.9. The van der Waals surface area contributed by atoms with E-state index < -0.39 is 0 Å². The molecule has 10 nitrogen and oxygen atoms in total. The number of rotatable bonds is 5. The largest absolute Gasteiger partial charge is 0.382 e. The van der Waals surface area contributed by atoms with Gasteiger partial charge in [0.25, 0.3) is 0 Å². The van der Waals surface area contributed by atoms with Gasteiger partial charge in [-0.3, -0.25) is 14.4 Å². The Morgan fingerprint density at radius 3 is 2.65 bits per heavy atom. The standard InChI is InChI=1S/C27H32N8O2/c1-19(36)33-11-9-32(10-12-33)17-20-3-2-4-21(15-20)25-16-23(26-27(28)29-18-31-35(25)26)24-5-8-30-34(24)22-6-13-37-14-7-22/h2-5,8,15-16,18,22H,6-7,9-14,17H2,1H3,(H2,28,29,31). The molecule has 0 radical (unpaired) electrons. The molecule has 2 aliphatic heterocycles. The number of ether oxygens (including phenoxy) is 1. The number of benzene rings is 1. The summed E-state index contributed by atoms with van der Waals surface area (Å²) in [6.07, 6.45) is 5.22. The van der Waals surface area contributed by atoms with Gasteiger partial charge >= 0.3 is 0 Å². The highest BCUT2D eigenvalue weighted by molar-refractivity contribution is 5.90. The molecule has 0 spiro atoms. The van der Waals surface area contributed by atoms with E-state index in [1.165, 1.54) is 11.9 Å². The van der Waals surface area contributed by atoms with Crippen LogP contribution in [0.1, 0.15) is 31.4 Å². The second-order valence-corrected chi connectivity index (χ2v) is 9.84. The van der Waals surface area contributed by atoms with Gasteiger partial charge in [0.15, 0.2) is 5.82 Å². The van der Waals surface area contributed by atoms with Crippen LogP contribution in [-0.2, 0) is 16.1 Å². The monoisotopic (exact) mass is 500 g/mol. The van der Waals surface area contributed by atoms with E-state index in [1.54, 1.807) is 6.92 Å². The summed E-state index contributed by atoms with van der Waals surface area (Å²) in [5.41, 5.74) is 12.4. The number of carbonyl (C=O) groups is 1. The maximum atomic E-state index is 11.7. The molecule has 3 aromatic heterocycles. The predicted molar refractivity (Wildman–Crippen MR) is 141 cm³/mol. The van der Waals surface area contributed by atoms with Gasteiger partial charge in [-0.25, -0.2) is 9.50 Å². The van der Waals surface area contributed by atoms with Gasteiger partial charge in [0.2, 0.25) is 5.91 Å². The van der Waals surface area contributed by atoms with Crippen LogP contribution in [0.4, 0.5) is 5.82 Å². The number of aromatic nitrogens is 5. The molecule has 0 aliphatic carbocycles. The Labute approximate surface area is 215 Å². The number of nitrogens with zero attached hydrogens (tertiary/aromatic N) is 7. The lowest BCUT2D eigenvalue weighted by Gasteiger charge is -2.34. The number of amides is 1. The molecule has 2 aliphatic rings. The molecule has 37 heavy (non-hydrogen) atoms. The molecule has 0 bridgehead atoms. The molecule has 6 rings (SSSR count). The number of anilines is 1. The van der Waals surface area contributed by atoms with Crippen molar-refractivity contribution in [1.82, 2.24) is 34.2 Å². The lowest BCUT2D eigenvalue weighted by molar-refractivity contribution is -0.130. The lowest BCUT2D eigenvalue weighted by atomic mass is 10.1. The van der Waals surface area contributed by atoms with Crippen LogP contribution in [0.25, 0.3) is 28.0 Å². The molecular weight excluding hydrogens is 468 g/mol. The summed E-state index contributed by atoms with van der Waals surface area (Å²) in [7, 11) is 0. The zero-order valence-corrected chi connectivity index (χ0v) is 21.1. The molecule has 2 fully saturated rings. The fraction of sp³-hybridized carbons (Fsp3) is 0.407. The molecule has 10 heteroatoms. The summed E-state index contributed by atoms with van der Waals surface area (Å²) < 4.78 is 9.56. The summed E-state index contributed by atoms with van der Waals surface area (Å²) in [4.78, 5) is 20.3. The van der Waals surface area contributed by atoms with Crippen molar-refractivity contribution in [2.45, 2.75) is 32.4 Å². The first-order valence-electron chi connectivity index (χ1n) is 12.9. The number of fused-ring (bicyclic) bond motifs is 1. The van der Waals surface area contributed by atoms with Gasteiger partial charge in [-0.1, -0.05) is 18.2 Å². The Hall–Kier alpha value is -3.76. The van der Waals surface area contributed by atoms with Crippen molar-refractivity contribution in [2.24, 2.45) is 0 Å². The van der Waals surface area contributed by atoms with Gasteiger partial charge < -0.3 is 15.4 Å².